The highest BCUT2D eigenvalue weighted by atomic mass is 16.3. The fraction of sp³-hybridized carbons (Fsp3) is 0.391. The summed E-state index contributed by atoms with van der Waals surface area (Å²) in [4.78, 5) is 63.2. The number of aryl methyl sites for hydroxylation is 4. The number of primary amides is 1. The Morgan fingerprint density at radius 2 is 1.31 bits per heavy atom. The molecule has 0 atom stereocenters. The second-order valence-corrected chi connectivity index (χ2v) is 16.5. The Morgan fingerprint density at radius 1 is 0.750 bits per heavy atom. The molecule has 7 aromatic rings. The third-order valence-electron chi connectivity index (χ3n) is 11.4. The van der Waals surface area contributed by atoms with Crippen LogP contribution < -0.4 is 26.4 Å². The van der Waals surface area contributed by atoms with Gasteiger partial charge in [-0.1, -0.05) is 13.3 Å². The number of aliphatic hydroxyl groups excluding tert-OH is 1. The Morgan fingerprint density at radius 3 is 1.88 bits per heavy atom. The number of carbonyl (C=O) groups is 2. The molecule has 2 fully saturated rings. The van der Waals surface area contributed by atoms with Crippen LogP contribution in [0.3, 0.4) is 0 Å². The lowest BCUT2D eigenvalue weighted by molar-refractivity contribution is 0.100. The number of carbonyl (C=O) groups excluding carboxylic acids is 2. The largest absolute Gasteiger partial charge is 0.396 e. The number of hydrogen-bond donors (Lipinski definition) is 4. The number of aliphatic hydroxyl groups is 1. The van der Waals surface area contributed by atoms with Crippen molar-refractivity contribution in [3.63, 3.8) is 0 Å². The topological polar surface area (TPSA) is 212 Å². The molecule has 2 aliphatic rings. The lowest BCUT2D eigenvalue weighted by atomic mass is 10.1. The summed E-state index contributed by atoms with van der Waals surface area (Å²) in [6.45, 7) is 17.6. The van der Waals surface area contributed by atoms with E-state index in [1.54, 1.807) is 33.4 Å². The van der Waals surface area contributed by atoms with Gasteiger partial charge >= 0.3 is 0 Å². The normalized spacial score (nSPS) is 14.6. The van der Waals surface area contributed by atoms with E-state index in [2.05, 4.69) is 76.1 Å². The zero-order valence-electron chi connectivity index (χ0n) is 37.7. The minimum atomic E-state index is -0.591. The molecule has 2 aromatic carbocycles. The van der Waals surface area contributed by atoms with E-state index in [0.29, 0.717) is 34.7 Å². The minimum Gasteiger partial charge on any atom is -0.396 e. The molecular formula is C46H58N14O4. The van der Waals surface area contributed by atoms with E-state index in [1.165, 1.54) is 0 Å². The summed E-state index contributed by atoms with van der Waals surface area (Å²) in [7, 11) is 4.22. The van der Waals surface area contributed by atoms with Crippen LogP contribution in [0.15, 0.2) is 65.7 Å². The van der Waals surface area contributed by atoms with Gasteiger partial charge in [0.2, 0.25) is 0 Å². The second kappa shape index (κ2) is 19.7. The minimum absolute atomic E-state index is 0.149. The maximum Gasteiger partial charge on any atom is 0.276 e. The van der Waals surface area contributed by atoms with E-state index in [9.17, 15) is 14.4 Å². The standard InChI is InChI=1S/C21H25N7O2.C21H23N7O.C4H10O/c1-13-12-28-19(14(2)23-13)11-18(25-28)21(30)24-17-5-4-15(10-16(17)20(22)29)27-8-6-26(3)7-9-27;1-13-12-28-19(14(2)22-13)11-18(25-28)20-23-17-5-4-15(10-16(17)21(29)24-20)27-8-6-26(3)7-9-27;1-2-3-4-5/h4-5,10-12H,6-9H2,1-3H3,(H2,22,29)(H,24,30);4-5,10-12H,6-9H2,1-3H3,(H,23,24,29);5H,2-4H2,1H3. The maximum absolute atomic E-state index is 12.8. The number of amides is 2. The average molecular weight is 871 g/mol. The number of piperazine rings is 2. The summed E-state index contributed by atoms with van der Waals surface area (Å²) in [6.07, 6.45) is 5.67. The predicted octanol–water partition coefficient (Wildman–Crippen LogP) is 4.23. The SMILES string of the molecule is CCCCO.Cc1cn2nc(-c3nc4ccc(N5CCN(C)CC5)cc4c(=O)[nH]3)cc2c(C)n1.Cc1cn2nc(C(=O)Nc3ccc(N4CCN(C)CC4)cc3C(N)=O)cc2c(C)n1. The monoisotopic (exact) mass is 870 g/mol. The summed E-state index contributed by atoms with van der Waals surface area (Å²) in [5.41, 5.74) is 14.7. The number of unbranched alkanes of at least 4 members (excludes halogenated alkanes) is 1. The summed E-state index contributed by atoms with van der Waals surface area (Å²) < 4.78 is 3.42. The number of H-pyrrole nitrogens is 1. The number of hydrogen-bond acceptors (Lipinski definition) is 13. The van der Waals surface area contributed by atoms with Crippen LogP contribution in [0.25, 0.3) is 33.5 Å². The molecule has 0 aliphatic carbocycles. The summed E-state index contributed by atoms with van der Waals surface area (Å²) in [6, 6.07) is 14.9. The van der Waals surface area contributed by atoms with Crippen molar-refractivity contribution >= 4 is 50.8 Å². The molecule has 2 aliphatic heterocycles. The summed E-state index contributed by atoms with van der Waals surface area (Å²) >= 11 is 0. The molecule has 2 saturated heterocycles. The molecule has 18 heteroatoms. The Labute approximate surface area is 371 Å². The van der Waals surface area contributed by atoms with E-state index in [0.717, 1.165) is 110 Å². The number of likely N-dealkylation sites (N-methyl/N-ethyl adjacent to an activating group) is 2. The van der Waals surface area contributed by atoms with E-state index < -0.39 is 11.8 Å². The molecule has 5 aromatic heterocycles. The second-order valence-electron chi connectivity index (χ2n) is 16.5. The number of anilines is 3. The van der Waals surface area contributed by atoms with Crippen LogP contribution in [0, 0.1) is 27.7 Å². The van der Waals surface area contributed by atoms with Crippen molar-refractivity contribution in [3.05, 3.63) is 105 Å². The van der Waals surface area contributed by atoms with Gasteiger partial charge in [0.25, 0.3) is 17.4 Å². The van der Waals surface area contributed by atoms with E-state index in [4.69, 9.17) is 10.8 Å². The van der Waals surface area contributed by atoms with E-state index >= 15 is 0 Å². The van der Waals surface area contributed by atoms with Crippen LogP contribution >= 0.6 is 0 Å². The Bertz CT molecular complexity index is 2850. The van der Waals surface area contributed by atoms with Crippen molar-refractivity contribution in [2.45, 2.75) is 47.5 Å². The van der Waals surface area contributed by atoms with Crippen molar-refractivity contribution < 1.29 is 14.7 Å². The van der Waals surface area contributed by atoms with Gasteiger partial charge in [-0.05, 0) is 96.7 Å². The van der Waals surface area contributed by atoms with Gasteiger partial charge < -0.3 is 40.7 Å². The third-order valence-corrected chi connectivity index (χ3v) is 11.4. The smallest absolute Gasteiger partial charge is 0.276 e. The number of rotatable bonds is 8. The Balaban J connectivity index is 0.000000173. The van der Waals surface area contributed by atoms with Crippen molar-refractivity contribution in [3.8, 4) is 11.5 Å². The van der Waals surface area contributed by atoms with Crippen LogP contribution in [0.2, 0.25) is 0 Å². The van der Waals surface area contributed by atoms with Crippen LogP contribution in [-0.4, -0.2) is 139 Å². The number of aromatic amines is 1. The van der Waals surface area contributed by atoms with Gasteiger partial charge in [0.1, 0.15) is 5.69 Å². The molecule has 64 heavy (non-hydrogen) atoms. The summed E-state index contributed by atoms with van der Waals surface area (Å²) in [5.74, 6) is -0.534. The van der Waals surface area contributed by atoms with Crippen molar-refractivity contribution in [1.29, 1.82) is 0 Å². The molecule has 2 amide bonds. The first kappa shape index (κ1) is 45.3. The van der Waals surface area contributed by atoms with Crippen molar-refractivity contribution in [2.24, 2.45) is 5.73 Å². The van der Waals surface area contributed by atoms with Gasteiger partial charge in [-0.3, -0.25) is 24.4 Å². The Hall–Kier alpha value is -6.76. The highest BCUT2D eigenvalue weighted by molar-refractivity contribution is 6.08. The van der Waals surface area contributed by atoms with Gasteiger partial charge in [0.15, 0.2) is 11.5 Å². The highest BCUT2D eigenvalue weighted by Gasteiger charge is 2.21. The molecule has 7 heterocycles. The average Bonchev–Trinajstić information content (AvgIpc) is 3.91. The van der Waals surface area contributed by atoms with Crippen LogP contribution in [0.1, 0.15) is 63.4 Å². The van der Waals surface area contributed by atoms with Crippen molar-refractivity contribution in [1.82, 2.24) is 49.0 Å². The molecular weight excluding hydrogens is 813 g/mol. The molecule has 0 unspecified atom stereocenters. The predicted molar refractivity (Wildman–Crippen MR) is 251 cm³/mol. The van der Waals surface area contributed by atoms with Gasteiger partial charge in [0, 0.05) is 70.3 Å². The maximum atomic E-state index is 12.8. The molecule has 5 N–H and O–H groups in total. The third kappa shape index (κ3) is 10.4. The number of fused-ring (bicyclic) bond motifs is 3. The highest BCUT2D eigenvalue weighted by Crippen LogP contribution is 2.26. The van der Waals surface area contributed by atoms with Gasteiger partial charge in [0.05, 0.1) is 68.4 Å². The van der Waals surface area contributed by atoms with Crippen molar-refractivity contribution in [2.75, 3.05) is 88.2 Å². The van der Waals surface area contributed by atoms with Gasteiger partial charge in [-0.15, -0.1) is 0 Å². The lowest BCUT2D eigenvalue weighted by Gasteiger charge is -2.34. The lowest BCUT2D eigenvalue weighted by Crippen LogP contribution is -2.44. The molecule has 0 bridgehead atoms. The zero-order chi connectivity index (χ0) is 45.7. The molecule has 336 valence electrons. The first-order valence-corrected chi connectivity index (χ1v) is 21.7. The molecule has 18 nitrogen and oxygen atoms in total. The first-order chi connectivity index (χ1) is 30.7. The van der Waals surface area contributed by atoms with E-state index in [1.807, 2.05) is 64.2 Å². The fourth-order valence-electron chi connectivity index (χ4n) is 7.77. The zero-order valence-corrected chi connectivity index (χ0v) is 37.7. The fourth-order valence-corrected chi connectivity index (χ4v) is 7.77. The van der Waals surface area contributed by atoms with Crippen LogP contribution in [0.5, 0.6) is 0 Å². The number of nitrogens with one attached hydrogen (secondary N) is 2. The number of aromatic nitrogens is 8. The molecule has 0 saturated carbocycles. The van der Waals surface area contributed by atoms with E-state index in [-0.39, 0.29) is 16.8 Å². The van der Waals surface area contributed by atoms with Crippen LogP contribution in [-0.2, 0) is 0 Å². The number of nitrogens with zero attached hydrogens (tertiary/aromatic N) is 11. The first-order valence-electron chi connectivity index (χ1n) is 21.7. The molecule has 0 radical (unpaired) electrons. The quantitative estimate of drug-likeness (QED) is 0.169. The molecule has 0 spiro atoms. The molecule has 9 rings (SSSR count). The number of nitrogens with two attached hydrogens (primary N) is 1. The summed E-state index contributed by atoms with van der Waals surface area (Å²) in [5, 5.41) is 20.4. The van der Waals surface area contributed by atoms with Gasteiger partial charge in [-0.2, -0.15) is 10.2 Å². The van der Waals surface area contributed by atoms with Crippen LogP contribution in [0.4, 0.5) is 17.1 Å². The number of benzene rings is 2. The van der Waals surface area contributed by atoms with Gasteiger partial charge in [-0.25, -0.2) is 14.0 Å². The Kier molecular flexibility index (Phi) is 14.0.